The number of carbonyl (C=O) groups is 1. The van der Waals surface area contributed by atoms with Crippen LogP contribution in [0.4, 0.5) is 0 Å². The molecule has 0 saturated heterocycles. The van der Waals surface area contributed by atoms with Gasteiger partial charge < -0.3 is 4.74 Å². The first kappa shape index (κ1) is 10.4. The standard InChI is InChI=1S/C12H12N2O2/c1-9-12(7-13-14(9)2)16-11-5-3-4-10(6-11)8-15/h3-8H,1-2H3. The second-order valence-corrected chi connectivity index (χ2v) is 3.51. The average Bonchev–Trinajstić information content (AvgIpc) is 2.61. The summed E-state index contributed by atoms with van der Waals surface area (Å²) in [5, 5.41) is 4.08. The maximum absolute atomic E-state index is 10.6. The van der Waals surface area contributed by atoms with Crippen LogP contribution in [0, 0.1) is 6.92 Å². The molecule has 1 aromatic carbocycles. The van der Waals surface area contributed by atoms with Gasteiger partial charge in [0.1, 0.15) is 12.0 Å². The number of hydrogen-bond donors (Lipinski definition) is 0. The topological polar surface area (TPSA) is 44.1 Å². The molecule has 0 aliphatic heterocycles. The van der Waals surface area contributed by atoms with Gasteiger partial charge in [-0.2, -0.15) is 5.10 Å². The molecule has 0 aliphatic rings. The van der Waals surface area contributed by atoms with Gasteiger partial charge in [-0.15, -0.1) is 0 Å². The summed E-state index contributed by atoms with van der Waals surface area (Å²) >= 11 is 0. The van der Waals surface area contributed by atoms with E-state index >= 15 is 0 Å². The van der Waals surface area contributed by atoms with Gasteiger partial charge in [0.05, 0.1) is 11.9 Å². The van der Waals surface area contributed by atoms with Crippen LogP contribution in [-0.2, 0) is 7.05 Å². The molecule has 16 heavy (non-hydrogen) atoms. The van der Waals surface area contributed by atoms with Gasteiger partial charge in [0.25, 0.3) is 0 Å². The first-order chi connectivity index (χ1) is 7.70. The van der Waals surface area contributed by atoms with E-state index in [0.29, 0.717) is 17.1 Å². The van der Waals surface area contributed by atoms with Gasteiger partial charge in [0.2, 0.25) is 0 Å². The molecule has 0 amide bonds. The van der Waals surface area contributed by atoms with Crippen molar-refractivity contribution in [1.29, 1.82) is 0 Å². The third-order valence-electron chi connectivity index (χ3n) is 2.41. The molecule has 82 valence electrons. The zero-order chi connectivity index (χ0) is 11.5. The molecule has 0 atom stereocenters. The van der Waals surface area contributed by atoms with Crippen LogP contribution in [0.5, 0.6) is 11.5 Å². The molecule has 1 heterocycles. The van der Waals surface area contributed by atoms with Crippen molar-refractivity contribution in [3.05, 3.63) is 41.7 Å². The lowest BCUT2D eigenvalue weighted by molar-refractivity contribution is 0.112. The van der Waals surface area contributed by atoms with E-state index in [2.05, 4.69) is 5.10 Å². The highest BCUT2D eigenvalue weighted by molar-refractivity contribution is 5.75. The van der Waals surface area contributed by atoms with Crippen molar-refractivity contribution in [3.8, 4) is 11.5 Å². The highest BCUT2D eigenvalue weighted by Gasteiger charge is 2.06. The van der Waals surface area contributed by atoms with Gasteiger partial charge in [-0.1, -0.05) is 12.1 Å². The first-order valence-electron chi connectivity index (χ1n) is 4.92. The Hall–Kier alpha value is -2.10. The molecule has 0 unspecified atom stereocenters. The van der Waals surface area contributed by atoms with Gasteiger partial charge in [0, 0.05) is 12.6 Å². The highest BCUT2D eigenvalue weighted by atomic mass is 16.5. The number of ether oxygens (including phenoxy) is 1. The van der Waals surface area contributed by atoms with Gasteiger partial charge in [0.15, 0.2) is 5.75 Å². The van der Waals surface area contributed by atoms with Crippen molar-refractivity contribution in [3.63, 3.8) is 0 Å². The molecule has 1 aromatic heterocycles. The predicted molar refractivity (Wildman–Crippen MR) is 59.8 cm³/mol. The summed E-state index contributed by atoms with van der Waals surface area (Å²) in [5.74, 6) is 1.34. The Balaban J connectivity index is 2.26. The maximum atomic E-state index is 10.6. The molecule has 0 spiro atoms. The number of aryl methyl sites for hydroxylation is 1. The quantitative estimate of drug-likeness (QED) is 0.739. The van der Waals surface area contributed by atoms with Crippen LogP contribution < -0.4 is 4.74 Å². The lowest BCUT2D eigenvalue weighted by Crippen LogP contribution is -1.93. The minimum Gasteiger partial charge on any atom is -0.454 e. The van der Waals surface area contributed by atoms with Gasteiger partial charge in [-0.25, -0.2) is 0 Å². The zero-order valence-corrected chi connectivity index (χ0v) is 9.18. The molecule has 0 N–H and O–H groups in total. The molecule has 2 rings (SSSR count). The SMILES string of the molecule is Cc1c(Oc2cccc(C=O)c2)cnn1C. The Morgan fingerprint density at radius 1 is 1.44 bits per heavy atom. The fourth-order valence-corrected chi connectivity index (χ4v) is 1.36. The number of aromatic nitrogens is 2. The van der Waals surface area contributed by atoms with E-state index in [4.69, 9.17) is 4.74 Å². The Bertz CT molecular complexity index is 517. The smallest absolute Gasteiger partial charge is 0.168 e. The molecule has 0 saturated carbocycles. The van der Waals surface area contributed by atoms with Crippen LogP contribution in [0.25, 0.3) is 0 Å². The van der Waals surface area contributed by atoms with Crippen molar-refractivity contribution in [2.45, 2.75) is 6.92 Å². The van der Waals surface area contributed by atoms with E-state index in [0.717, 1.165) is 12.0 Å². The number of hydrogen-bond acceptors (Lipinski definition) is 3. The molecule has 0 radical (unpaired) electrons. The Kier molecular flexibility index (Phi) is 2.72. The Morgan fingerprint density at radius 3 is 2.88 bits per heavy atom. The van der Waals surface area contributed by atoms with Crippen LogP contribution in [-0.4, -0.2) is 16.1 Å². The summed E-state index contributed by atoms with van der Waals surface area (Å²) in [7, 11) is 1.85. The van der Waals surface area contributed by atoms with Crippen molar-refractivity contribution < 1.29 is 9.53 Å². The maximum Gasteiger partial charge on any atom is 0.168 e. The van der Waals surface area contributed by atoms with E-state index in [1.807, 2.05) is 14.0 Å². The third-order valence-corrected chi connectivity index (χ3v) is 2.41. The molecule has 4 heteroatoms. The van der Waals surface area contributed by atoms with E-state index < -0.39 is 0 Å². The second kappa shape index (κ2) is 4.18. The van der Waals surface area contributed by atoms with Gasteiger partial charge in [-0.05, 0) is 19.1 Å². The van der Waals surface area contributed by atoms with E-state index in [1.165, 1.54) is 0 Å². The molecular weight excluding hydrogens is 204 g/mol. The van der Waals surface area contributed by atoms with Crippen LogP contribution in [0.1, 0.15) is 16.1 Å². The number of carbonyl (C=O) groups excluding carboxylic acids is 1. The number of benzene rings is 1. The summed E-state index contributed by atoms with van der Waals surface area (Å²) in [4.78, 5) is 10.6. The van der Waals surface area contributed by atoms with Crippen molar-refractivity contribution in [2.24, 2.45) is 7.05 Å². The highest BCUT2D eigenvalue weighted by Crippen LogP contribution is 2.24. The summed E-state index contributed by atoms with van der Waals surface area (Å²) in [6.07, 6.45) is 2.45. The van der Waals surface area contributed by atoms with Crippen LogP contribution in [0.3, 0.4) is 0 Å². The minimum atomic E-state index is 0.596. The van der Waals surface area contributed by atoms with Crippen molar-refractivity contribution >= 4 is 6.29 Å². The number of aldehydes is 1. The van der Waals surface area contributed by atoms with Crippen molar-refractivity contribution in [2.75, 3.05) is 0 Å². The van der Waals surface area contributed by atoms with Gasteiger partial charge in [-0.3, -0.25) is 9.48 Å². The summed E-state index contributed by atoms with van der Waals surface area (Å²) in [6.45, 7) is 1.92. The Morgan fingerprint density at radius 2 is 2.25 bits per heavy atom. The minimum absolute atomic E-state index is 0.596. The molecule has 0 bridgehead atoms. The zero-order valence-electron chi connectivity index (χ0n) is 9.18. The predicted octanol–water partition coefficient (Wildman–Crippen LogP) is 2.33. The van der Waals surface area contributed by atoms with E-state index in [-0.39, 0.29) is 0 Å². The summed E-state index contributed by atoms with van der Waals surface area (Å²) in [5.41, 5.74) is 1.54. The fourth-order valence-electron chi connectivity index (χ4n) is 1.36. The lowest BCUT2D eigenvalue weighted by atomic mass is 10.2. The summed E-state index contributed by atoms with van der Waals surface area (Å²) < 4.78 is 7.37. The molecule has 4 nitrogen and oxygen atoms in total. The normalized spacial score (nSPS) is 10.1. The van der Waals surface area contributed by atoms with Crippen LogP contribution >= 0.6 is 0 Å². The monoisotopic (exact) mass is 216 g/mol. The van der Waals surface area contributed by atoms with Crippen LogP contribution in [0.15, 0.2) is 30.5 Å². The number of rotatable bonds is 3. The van der Waals surface area contributed by atoms with E-state index in [1.54, 1.807) is 35.1 Å². The first-order valence-corrected chi connectivity index (χ1v) is 4.92. The number of nitrogens with zero attached hydrogens (tertiary/aromatic N) is 2. The molecular formula is C12H12N2O2. The average molecular weight is 216 g/mol. The third kappa shape index (κ3) is 1.95. The second-order valence-electron chi connectivity index (χ2n) is 3.51. The van der Waals surface area contributed by atoms with E-state index in [9.17, 15) is 4.79 Å². The largest absolute Gasteiger partial charge is 0.454 e. The van der Waals surface area contributed by atoms with Crippen LogP contribution in [0.2, 0.25) is 0 Å². The summed E-state index contributed by atoms with van der Waals surface area (Å²) in [6, 6.07) is 7.01. The molecule has 2 aromatic rings. The molecule has 0 aliphatic carbocycles. The van der Waals surface area contributed by atoms with Gasteiger partial charge >= 0.3 is 0 Å². The van der Waals surface area contributed by atoms with Crippen molar-refractivity contribution in [1.82, 2.24) is 9.78 Å². The fraction of sp³-hybridized carbons (Fsp3) is 0.167. The molecule has 0 fully saturated rings. The Labute approximate surface area is 93.5 Å². The lowest BCUT2D eigenvalue weighted by Gasteiger charge is -2.04.